The van der Waals surface area contributed by atoms with Crippen LogP contribution in [0.5, 0.6) is 0 Å². The van der Waals surface area contributed by atoms with E-state index in [0.29, 0.717) is 39.3 Å². The molecule has 2 saturated heterocycles. The van der Waals surface area contributed by atoms with Crippen LogP contribution in [-0.4, -0.2) is 77.9 Å². The molecule has 2 fully saturated rings. The average molecular weight is 361 g/mol. The number of ether oxygens (including phenoxy) is 1. The number of carbonyl (C=O) groups is 2. The van der Waals surface area contributed by atoms with E-state index in [4.69, 9.17) is 4.74 Å². The minimum atomic E-state index is -0.290. The number of carbonyl (C=O) groups excluding carboxylic acids is 2. The summed E-state index contributed by atoms with van der Waals surface area (Å²) in [5, 5.41) is 8.37. The van der Waals surface area contributed by atoms with E-state index in [2.05, 4.69) is 15.1 Å². The van der Waals surface area contributed by atoms with Gasteiger partial charge in [-0.15, -0.1) is 5.10 Å². The molecule has 0 N–H and O–H groups in total. The highest BCUT2D eigenvalue weighted by Crippen LogP contribution is 2.23. The number of rotatable bonds is 3. The fourth-order valence-electron chi connectivity index (χ4n) is 3.53. The van der Waals surface area contributed by atoms with Crippen LogP contribution >= 0.6 is 0 Å². The molecule has 0 spiro atoms. The lowest BCUT2D eigenvalue weighted by molar-refractivity contribution is -0.137. The Morgan fingerprint density at radius 1 is 1.12 bits per heavy atom. The van der Waals surface area contributed by atoms with Gasteiger partial charge in [-0.05, 0) is 38.8 Å². The summed E-state index contributed by atoms with van der Waals surface area (Å²) in [6, 6.07) is 3.91. The molecule has 1 aromatic rings. The Kier molecular flexibility index (Phi) is 5.90. The second kappa shape index (κ2) is 8.33. The summed E-state index contributed by atoms with van der Waals surface area (Å²) in [5.74, 6) is 0.986. The van der Waals surface area contributed by atoms with Crippen molar-refractivity contribution in [3.63, 3.8) is 0 Å². The Balaban J connectivity index is 1.55. The Labute approximate surface area is 154 Å². The van der Waals surface area contributed by atoms with Crippen molar-refractivity contribution in [2.75, 3.05) is 50.8 Å². The Morgan fingerprint density at radius 3 is 2.50 bits per heavy atom. The van der Waals surface area contributed by atoms with E-state index in [-0.39, 0.29) is 17.9 Å². The summed E-state index contributed by atoms with van der Waals surface area (Å²) in [5.41, 5.74) is 0.887. The van der Waals surface area contributed by atoms with Gasteiger partial charge >= 0.3 is 6.09 Å². The lowest BCUT2D eigenvalue weighted by Crippen LogP contribution is -2.53. The molecule has 142 valence electrons. The highest BCUT2D eigenvalue weighted by Gasteiger charge is 2.32. The quantitative estimate of drug-likeness (QED) is 0.807. The van der Waals surface area contributed by atoms with Crippen LogP contribution in [0.4, 0.5) is 10.6 Å². The molecule has 8 heteroatoms. The first-order chi connectivity index (χ1) is 12.6. The summed E-state index contributed by atoms with van der Waals surface area (Å²) in [7, 11) is 0. The van der Waals surface area contributed by atoms with E-state index in [1.54, 1.807) is 11.8 Å². The van der Waals surface area contributed by atoms with Gasteiger partial charge in [0.1, 0.15) is 0 Å². The van der Waals surface area contributed by atoms with Crippen molar-refractivity contribution in [3.8, 4) is 0 Å². The lowest BCUT2D eigenvalue weighted by atomic mass is 9.96. The van der Waals surface area contributed by atoms with Crippen molar-refractivity contribution in [2.24, 2.45) is 5.92 Å². The summed E-state index contributed by atoms with van der Waals surface area (Å²) in [6.45, 7) is 7.86. The van der Waals surface area contributed by atoms with Gasteiger partial charge in [0.25, 0.3) is 0 Å². The Bertz CT molecular complexity index is 628. The van der Waals surface area contributed by atoms with Crippen LogP contribution in [0.2, 0.25) is 0 Å². The van der Waals surface area contributed by atoms with Crippen LogP contribution in [0.25, 0.3) is 0 Å². The third kappa shape index (κ3) is 4.23. The number of aromatic nitrogens is 2. The van der Waals surface area contributed by atoms with Crippen LogP contribution < -0.4 is 4.90 Å². The van der Waals surface area contributed by atoms with Gasteiger partial charge in [-0.3, -0.25) is 4.79 Å². The zero-order valence-corrected chi connectivity index (χ0v) is 15.6. The highest BCUT2D eigenvalue weighted by atomic mass is 16.6. The maximum Gasteiger partial charge on any atom is 0.409 e. The number of piperidine rings is 1. The first-order valence-electron chi connectivity index (χ1n) is 9.34. The van der Waals surface area contributed by atoms with Gasteiger partial charge < -0.3 is 19.4 Å². The number of amides is 2. The molecule has 0 saturated carbocycles. The van der Waals surface area contributed by atoms with Gasteiger partial charge in [-0.2, -0.15) is 5.10 Å². The molecule has 3 rings (SSSR count). The van der Waals surface area contributed by atoms with Gasteiger partial charge in [0.2, 0.25) is 5.91 Å². The van der Waals surface area contributed by atoms with E-state index in [9.17, 15) is 9.59 Å². The Hall–Kier alpha value is -2.38. The van der Waals surface area contributed by atoms with E-state index in [0.717, 1.165) is 30.9 Å². The summed E-state index contributed by atoms with van der Waals surface area (Å²) in [4.78, 5) is 30.4. The summed E-state index contributed by atoms with van der Waals surface area (Å²) in [6.07, 6.45) is 1.57. The van der Waals surface area contributed by atoms with Crippen molar-refractivity contribution in [2.45, 2.75) is 26.7 Å². The van der Waals surface area contributed by atoms with Gasteiger partial charge in [-0.1, -0.05) is 0 Å². The van der Waals surface area contributed by atoms with Crippen LogP contribution in [0.1, 0.15) is 25.5 Å². The van der Waals surface area contributed by atoms with Gasteiger partial charge in [-0.25, -0.2) is 4.79 Å². The number of piperazine rings is 1. The van der Waals surface area contributed by atoms with Gasteiger partial charge in [0, 0.05) is 39.3 Å². The second-order valence-corrected chi connectivity index (χ2v) is 6.83. The van der Waals surface area contributed by atoms with E-state index in [1.807, 2.05) is 24.0 Å². The molecule has 1 aromatic heterocycles. The van der Waals surface area contributed by atoms with Crippen molar-refractivity contribution < 1.29 is 14.3 Å². The predicted molar refractivity (Wildman–Crippen MR) is 96.9 cm³/mol. The first-order valence-corrected chi connectivity index (χ1v) is 9.34. The molecule has 26 heavy (non-hydrogen) atoms. The number of hydrogen-bond donors (Lipinski definition) is 0. The van der Waals surface area contributed by atoms with Crippen molar-refractivity contribution in [1.82, 2.24) is 20.0 Å². The maximum atomic E-state index is 12.9. The maximum absolute atomic E-state index is 12.9. The zero-order chi connectivity index (χ0) is 18.5. The smallest absolute Gasteiger partial charge is 0.409 e. The van der Waals surface area contributed by atoms with Gasteiger partial charge in [0.05, 0.1) is 18.2 Å². The summed E-state index contributed by atoms with van der Waals surface area (Å²) >= 11 is 0. The van der Waals surface area contributed by atoms with Crippen LogP contribution in [0, 0.1) is 12.8 Å². The predicted octanol–water partition coefficient (Wildman–Crippen LogP) is 1.30. The molecule has 3 heterocycles. The molecule has 1 unspecified atom stereocenters. The van der Waals surface area contributed by atoms with E-state index in [1.165, 1.54) is 0 Å². The SMILES string of the molecule is CCOC(=O)N1CCN(C(=O)C2CCCN(c3ccc(C)nn3)C2)CC1. The minimum Gasteiger partial charge on any atom is -0.450 e. The molecule has 0 aliphatic carbocycles. The highest BCUT2D eigenvalue weighted by molar-refractivity contribution is 5.80. The molecular weight excluding hydrogens is 334 g/mol. The van der Waals surface area contributed by atoms with Crippen molar-refractivity contribution in [3.05, 3.63) is 17.8 Å². The second-order valence-electron chi connectivity index (χ2n) is 6.83. The molecule has 0 bridgehead atoms. The summed E-state index contributed by atoms with van der Waals surface area (Å²) < 4.78 is 5.03. The van der Waals surface area contributed by atoms with Crippen LogP contribution in [-0.2, 0) is 9.53 Å². The van der Waals surface area contributed by atoms with Crippen molar-refractivity contribution >= 4 is 17.8 Å². The largest absolute Gasteiger partial charge is 0.450 e. The zero-order valence-electron chi connectivity index (χ0n) is 15.6. The van der Waals surface area contributed by atoms with Crippen molar-refractivity contribution in [1.29, 1.82) is 0 Å². The monoisotopic (exact) mass is 361 g/mol. The van der Waals surface area contributed by atoms with Crippen LogP contribution in [0.15, 0.2) is 12.1 Å². The Morgan fingerprint density at radius 2 is 1.85 bits per heavy atom. The number of anilines is 1. The molecule has 8 nitrogen and oxygen atoms in total. The molecular formula is C18H27N5O3. The third-order valence-electron chi connectivity index (χ3n) is 5.00. The fraction of sp³-hybridized carbons (Fsp3) is 0.667. The van der Waals surface area contributed by atoms with Crippen LogP contribution in [0.3, 0.4) is 0 Å². The molecule has 0 radical (unpaired) electrons. The van der Waals surface area contributed by atoms with E-state index < -0.39 is 0 Å². The first kappa shape index (κ1) is 18.4. The third-order valence-corrected chi connectivity index (χ3v) is 5.00. The number of nitrogens with zero attached hydrogens (tertiary/aromatic N) is 5. The fourth-order valence-corrected chi connectivity index (χ4v) is 3.53. The molecule has 1 atom stereocenters. The molecule has 2 aliphatic heterocycles. The van der Waals surface area contributed by atoms with Gasteiger partial charge in [0.15, 0.2) is 5.82 Å². The number of aryl methyl sites for hydroxylation is 1. The molecule has 2 amide bonds. The van der Waals surface area contributed by atoms with E-state index >= 15 is 0 Å². The molecule has 2 aliphatic rings. The lowest BCUT2D eigenvalue weighted by Gasteiger charge is -2.38. The normalized spacial score (nSPS) is 20.8. The standard InChI is InChI=1S/C18H27N5O3/c1-3-26-18(25)22-11-9-21(10-12-22)17(24)15-5-4-8-23(13-15)16-7-6-14(2)19-20-16/h6-7,15H,3-5,8-13H2,1-2H3. The average Bonchev–Trinajstić information content (AvgIpc) is 2.68. The number of hydrogen-bond acceptors (Lipinski definition) is 6. The molecule has 0 aromatic carbocycles. The minimum absolute atomic E-state index is 0.0269. The topological polar surface area (TPSA) is 78.9 Å².